The molecule has 0 bridgehead atoms. The third-order valence-corrected chi connectivity index (χ3v) is 5.78. The highest BCUT2D eigenvalue weighted by molar-refractivity contribution is 7.98. The molecule has 5 nitrogen and oxygen atoms in total. The molecule has 0 aliphatic heterocycles. The Hall–Kier alpha value is -2.86. The van der Waals surface area contributed by atoms with E-state index in [1.165, 1.54) is 12.8 Å². The lowest BCUT2D eigenvalue weighted by Gasteiger charge is -2.04. The fourth-order valence-corrected chi connectivity index (χ4v) is 4.15. The maximum Gasteiger partial charge on any atom is 0.336 e. The Morgan fingerprint density at radius 3 is 2.75 bits per heavy atom. The summed E-state index contributed by atoms with van der Waals surface area (Å²) in [5.41, 5.74) is 3.35. The topological polar surface area (TPSA) is 60.9 Å². The van der Waals surface area contributed by atoms with Crippen LogP contribution in [-0.2, 0) is 5.75 Å². The van der Waals surface area contributed by atoms with Crippen molar-refractivity contribution in [2.45, 2.75) is 36.6 Å². The number of aryl methyl sites for hydroxylation is 1. The van der Waals surface area contributed by atoms with Gasteiger partial charge in [0.2, 0.25) is 5.16 Å². The smallest absolute Gasteiger partial charge is 0.336 e. The molecular formula is C22H19N3O2S. The fraction of sp³-hybridized carbons (Fsp3) is 0.227. The molecule has 1 aliphatic carbocycles. The van der Waals surface area contributed by atoms with Crippen LogP contribution in [0.15, 0.2) is 69.0 Å². The molecule has 0 radical (unpaired) electrons. The van der Waals surface area contributed by atoms with Gasteiger partial charge < -0.3 is 4.42 Å². The Morgan fingerprint density at radius 2 is 1.96 bits per heavy atom. The average molecular weight is 389 g/mol. The molecule has 1 saturated carbocycles. The summed E-state index contributed by atoms with van der Waals surface area (Å²) in [5.74, 6) is 2.14. The third-order valence-electron chi connectivity index (χ3n) is 4.90. The number of para-hydroxylation sites is 1. The van der Waals surface area contributed by atoms with Gasteiger partial charge in [-0.05, 0) is 49.1 Å². The number of benzene rings is 2. The summed E-state index contributed by atoms with van der Waals surface area (Å²) in [5, 5.41) is 6.44. The van der Waals surface area contributed by atoms with Crippen molar-refractivity contribution >= 4 is 22.7 Å². The van der Waals surface area contributed by atoms with Crippen molar-refractivity contribution in [2.75, 3.05) is 0 Å². The average Bonchev–Trinajstić information content (AvgIpc) is 3.45. The van der Waals surface area contributed by atoms with E-state index in [4.69, 9.17) is 14.5 Å². The zero-order valence-electron chi connectivity index (χ0n) is 15.5. The van der Waals surface area contributed by atoms with Gasteiger partial charge in [0, 0.05) is 23.1 Å². The standard InChI is InChI=1S/C22H19N3O2S/c1-14-7-10-18-16(12-20(26)27-19(18)11-14)13-28-22-23-21(15-8-9-15)25(24-22)17-5-3-2-4-6-17/h2-7,10-12,15H,8-9,13H2,1H3. The van der Waals surface area contributed by atoms with E-state index in [-0.39, 0.29) is 5.63 Å². The summed E-state index contributed by atoms with van der Waals surface area (Å²) in [6.45, 7) is 1.99. The Labute approximate surface area is 166 Å². The van der Waals surface area contributed by atoms with Gasteiger partial charge in [0.25, 0.3) is 0 Å². The number of fused-ring (bicyclic) bond motifs is 1. The second kappa shape index (κ2) is 6.95. The van der Waals surface area contributed by atoms with E-state index in [0.717, 1.165) is 33.2 Å². The van der Waals surface area contributed by atoms with Crippen LogP contribution >= 0.6 is 11.8 Å². The minimum Gasteiger partial charge on any atom is -0.423 e. The molecule has 0 unspecified atom stereocenters. The highest BCUT2D eigenvalue weighted by Crippen LogP contribution is 2.40. The van der Waals surface area contributed by atoms with Crippen LogP contribution in [0.3, 0.4) is 0 Å². The van der Waals surface area contributed by atoms with Gasteiger partial charge in [0.05, 0.1) is 5.69 Å². The highest BCUT2D eigenvalue weighted by Gasteiger charge is 2.30. The van der Waals surface area contributed by atoms with Gasteiger partial charge in [-0.3, -0.25) is 0 Å². The molecule has 5 rings (SSSR count). The van der Waals surface area contributed by atoms with E-state index in [1.54, 1.807) is 17.8 Å². The summed E-state index contributed by atoms with van der Waals surface area (Å²) in [7, 11) is 0. The van der Waals surface area contributed by atoms with Crippen molar-refractivity contribution in [1.82, 2.24) is 14.8 Å². The minimum absolute atomic E-state index is 0.324. The molecule has 2 aromatic heterocycles. The molecule has 0 N–H and O–H groups in total. The minimum atomic E-state index is -0.324. The quantitative estimate of drug-likeness (QED) is 0.361. The van der Waals surface area contributed by atoms with E-state index in [9.17, 15) is 4.79 Å². The van der Waals surface area contributed by atoms with Crippen molar-refractivity contribution in [3.8, 4) is 5.69 Å². The molecule has 0 spiro atoms. The largest absolute Gasteiger partial charge is 0.423 e. The Balaban J connectivity index is 1.46. The van der Waals surface area contributed by atoms with Gasteiger partial charge in [-0.15, -0.1) is 5.10 Å². The third kappa shape index (κ3) is 3.36. The molecule has 2 aromatic carbocycles. The maximum atomic E-state index is 12.0. The molecule has 6 heteroatoms. The first-order valence-corrected chi connectivity index (χ1v) is 10.3. The van der Waals surface area contributed by atoms with Crippen molar-refractivity contribution in [1.29, 1.82) is 0 Å². The summed E-state index contributed by atoms with van der Waals surface area (Å²) in [6, 6.07) is 17.6. The monoisotopic (exact) mass is 389 g/mol. The van der Waals surface area contributed by atoms with Gasteiger partial charge in [0.1, 0.15) is 11.4 Å². The van der Waals surface area contributed by atoms with Gasteiger partial charge in [-0.2, -0.15) is 0 Å². The van der Waals surface area contributed by atoms with E-state index in [2.05, 4.69) is 0 Å². The Morgan fingerprint density at radius 1 is 1.14 bits per heavy atom. The van der Waals surface area contributed by atoms with Crippen molar-refractivity contribution in [3.05, 3.63) is 82.0 Å². The lowest BCUT2D eigenvalue weighted by molar-refractivity contribution is 0.559. The summed E-state index contributed by atoms with van der Waals surface area (Å²) in [6.07, 6.45) is 2.33. The molecule has 140 valence electrons. The number of rotatable bonds is 5. The van der Waals surface area contributed by atoms with Crippen LogP contribution in [0.2, 0.25) is 0 Å². The fourth-order valence-electron chi connectivity index (χ4n) is 3.33. The van der Waals surface area contributed by atoms with Crippen molar-refractivity contribution in [2.24, 2.45) is 0 Å². The van der Waals surface area contributed by atoms with Crippen LogP contribution in [-0.4, -0.2) is 14.8 Å². The molecule has 0 atom stereocenters. The SMILES string of the molecule is Cc1ccc2c(CSc3nc(C4CC4)n(-c4ccccc4)n3)cc(=O)oc2c1. The van der Waals surface area contributed by atoms with E-state index in [0.29, 0.717) is 17.3 Å². The lowest BCUT2D eigenvalue weighted by atomic mass is 10.1. The van der Waals surface area contributed by atoms with Crippen molar-refractivity contribution < 1.29 is 4.42 Å². The molecule has 1 aliphatic rings. The van der Waals surface area contributed by atoms with E-state index in [1.807, 2.05) is 60.1 Å². The molecule has 28 heavy (non-hydrogen) atoms. The normalized spacial score (nSPS) is 13.9. The zero-order chi connectivity index (χ0) is 19.1. The molecule has 0 saturated heterocycles. The van der Waals surface area contributed by atoms with E-state index < -0.39 is 0 Å². The van der Waals surface area contributed by atoms with Crippen LogP contribution < -0.4 is 5.63 Å². The summed E-state index contributed by atoms with van der Waals surface area (Å²) in [4.78, 5) is 16.7. The van der Waals surface area contributed by atoms with Crippen LogP contribution in [0.4, 0.5) is 0 Å². The van der Waals surface area contributed by atoms with Crippen LogP contribution in [0.5, 0.6) is 0 Å². The van der Waals surface area contributed by atoms with Crippen LogP contribution in [0.25, 0.3) is 16.7 Å². The number of nitrogens with zero attached hydrogens (tertiary/aromatic N) is 3. The number of thioether (sulfide) groups is 1. The number of hydrogen-bond donors (Lipinski definition) is 0. The Bertz CT molecular complexity index is 1210. The van der Waals surface area contributed by atoms with Gasteiger partial charge >= 0.3 is 5.63 Å². The van der Waals surface area contributed by atoms with Crippen molar-refractivity contribution in [3.63, 3.8) is 0 Å². The van der Waals surface area contributed by atoms with Gasteiger partial charge in [0.15, 0.2) is 0 Å². The second-order valence-electron chi connectivity index (χ2n) is 7.15. The van der Waals surface area contributed by atoms with Crippen LogP contribution in [0, 0.1) is 6.92 Å². The number of hydrogen-bond acceptors (Lipinski definition) is 5. The zero-order valence-corrected chi connectivity index (χ0v) is 16.3. The predicted molar refractivity (Wildman–Crippen MR) is 110 cm³/mol. The van der Waals surface area contributed by atoms with Gasteiger partial charge in [-0.1, -0.05) is 42.1 Å². The molecule has 1 fully saturated rings. The molecular weight excluding hydrogens is 370 g/mol. The molecule has 2 heterocycles. The van der Waals surface area contributed by atoms with E-state index >= 15 is 0 Å². The first kappa shape index (κ1) is 17.3. The van der Waals surface area contributed by atoms with Crippen LogP contribution in [0.1, 0.15) is 35.7 Å². The number of aromatic nitrogens is 3. The predicted octanol–water partition coefficient (Wildman–Crippen LogP) is 4.85. The Kier molecular flexibility index (Phi) is 4.28. The maximum absolute atomic E-state index is 12.0. The molecule has 4 aromatic rings. The first-order chi connectivity index (χ1) is 13.7. The lowest BCUT2D eigenvalue weighted by Crippen LogP contribution is -2.01. The highest BCUT2D eigenvalue weighted by atomic mass is 32.2. The second-order valence-corrected chi connectivity index (χ2v) is 8.10. The molecule has 0 amide bonds. The first-order valence-electron chi connectivity index (χ1n) is 9.36. The van der Waals surface area contributed by atoms with Gasteiger partial charge in [-0.25, -0.2) is 14.5 Å². The summed E-state index contributed by atoms with van der Waals surface area (Å²) >= 11 is 1.55. The summed E-state index contributed by atoms with van der Waals surface area (Å²) < 4.78 is 7.31.